The van der Waals surface area contributed by atoms with Crippen LogP contribution in [-0.4, -0.2) is 34.6 Å². The summed E-state index contributed by atoms with van der Waals surface area (Å²) in [5.41, 5.74) is -0.426. The van der Waals surface area contributed by atoms with Gasteiger partial charge in [-0.15, -0.1) is 0 Å². The third kappa shape index (κ3) is 4.88. The van der Waals surface area contributed by atoms with Gasteiger partial charge in [0.25, 0.3) is 5.91 Å². The predicted molar refractivity (Wildman–Crippen MR) is 100 cm³/mol. The molecule has 0 spiro atoms. The average Bonchev–Trinajstić information content (AvgIpc) is 2.71. The second-order valence-corrected chi connectivity index (χ2v) is 6.17. The number of anilines is 1. The third-order valence-electron chi connectivity index (χ3n) is 4.09. The number of aromatic nitrogens is 1. The highest BCUT2D eigenvalue weighted by Crippen LogP contribution is 2.30. The second-order valence-electron chi connectivity index (χ2n) is 6.17. The van der Waals surface area contributed by atoms with Gasteiger partial charge in [-0.2, -0.15) is 13.2 Å². The number of carbonyl (C=O) groups is 2. The van der Waals surface area contributed by atoms with Gasteiger partial charge in [0.2, 0.25) is 5.91 Å². The summed E-state index contributed by atoms with van der Waals surface area (Å²) in [6.45, 7) is -0.746. The maximum Gasteiger partial charge on any atom is 0.416 e. The summed E-state index contributed by atoms with van der Waals surface area (Å²) in [7, 11) is 0. The lowest BCUT2D eigenvalue weighted by molar-refractivity contribution is -0.137. The van der Waals surface area contributed by atoms with E-state index in [-0.39, 0.29) is 11.4 Å². The minimum Gasteiger partial charge on any atom is -0.394 e. The van der Waals surface area contributed by atoms with Crippen LogP contribution in [0.15, 0.2) is 60.7 Å². The van der Waals surface area contributed by atoms with Crippen molar-refractivity contribution in [2.45, 2.75) is 12.2 Å². The van der Waals surface area contributed by atoms with Gasteiger partial charge in [-0.3, -0.25) is 9.59 Å². The molecule has 3 rings (SSSR count). The molecule has 0 radical (unpaired) electrons. The Labute approximate surface area is 163 Å². The Kier molecular flexibility index (Phi) is 5.79. The van der Waals surface area contributed by atoms with Crippen LogP contribution in [-0.2, 0) is 11.0 Å². The normalized spacial score (nSPS) is 12.4. The summed E-state index contributed by atoms with van der Waals surface area (Å²) >= 11 is 0. The molecule has 3 N–H and O–H groups in total. The van der Waals surface area contributed by atoms with Gasteiger partial charge in [-0.05, 0) is 30.3 Å². The summed E-state index contributed by atoms with van der Waals surface area (Å²) in [6, 6.07) is 13.0. The molecule has 0 bridgehead atoms. The first-order valence-corrected chi connectivity index (χ1v) is 8.53. The van der Waals surface area contributed by atoms with Gasteiger partial charge in [-0.25, -0.2) is 4.98 Å². The first kappa shape index (κ1) is 20.3. The van der Waals surface area contributed by atoms with E-state index in [1.165, 1.54) is 12.1 Å². The van der Waals surface area contributed by atoms with Gasteiger partial charge in [0.05, 0.1) is 17.7 Å². The molecule has 1 atom stereocenters. The monoisotopic (exact) mass is 403 g/mol. The van der Waals surface area contributed by atoms with E-state index in [2.05, 4.69) is 15.6 Å². The number of nitrogens with zero attached hydrogens (tertiary/aromatic N) is 1. The van der Waals surface area contributed by atoms with E-state index in [1.54, 1.807) is 18.2 Å². The van der Waals surface area contributed by atoms with E-state index < -0.39 is 36.2 Å². The van der Waals surface area contributed by atoms with E-state index in [1.807, 2.05) is 12.1 Å². The molecule has 2 aromatic carbocycles. The number of para-hydroxylation sites is 1. The van der Waals surface area contributed by atoms with Crippen LogP contribution in [0.25, 0.3) is 10.9 Å². The molecule has 150 valence electrons. The van der Waals surface area contributed by atoms with Gasteiger partial charge >= 0.3 is 6.18 Å². The zero-order valence-electron chi connectivity index (χ0n) is 14.9. The van der Waals surface area contributed by atoms with Crippen LogP contribution < -0.4 is 10.6 Å². The highest BCUT2D eigenvalue weighted by molar-refractivity contribution is 6.01. The number of aliphatic hydroxyl groups excluding tert-OH is 1. The number of fused-ring (bicyclic) bond motifs is 1. The average molecular weight is 403 g/mol. The smallest absolute Gasteiger partial charge is 0.394 e. The van der Waals surface area contributed by atoms with Crippen molar-refractivity contribution in [1.29, 1.82) is 0 Å². The number of halogens is 3. The fourth-order valence-electron chi connectivity index (χ4n) is 2.62. The highest BCUT2D eigenvalue weighted by atomic mass is 19.4. The molecule has 0 fully saturated rings. The molecule has 2 amide bonds. The predicted octanol–water partition coefficient (Wildman–Crippen LogP) is 2.98. The van der Waals surface area contributed by atoms with E-state index in [4.69, 9.17) is 0 Å². The molecule has 3 aromatic rings. The van der Waals surface area contributed by atoms with Crippen LogP contribution in [0.1, 0.15) is 16.1 Å². The summed E-state index contributed by atoms with van der Waals surface area (Å²) < 4.78 is 38.4. The first-order valence-electron chi connectivity index (χ1n) is 8.53. The lowest BCUT2D eigenvalue weighted by Crippen LogP contribution is -2.46. The second kappa shape index (κ2) is 8.27. The van der Waals surface area contributed by atoms with Gasteiger partial charge in [0.1, 0.15) is 11.7 Å². The highest BCUT2D eigenvalue weighted by Gasteiger charge is 2.30. The maximum absolute atomic E-state index is 12.8. The van der Waals surface area contributed by atoms with E-state index >= 15 is 0 Å². The van der Waals surface area contributed by atoms with Crippen LogP contribution in [0.4, 0.5) is 18.9 Å². The third-order valence-corrected chi connectivity index (χ3v) is 4.09. The zero-order chi connectivity index (χ0) is 21.0. The first-order chi connectivity index (χ1) is 13.8. The lowest BCUT2D eigenvalue weighted by Gasteiger charge is -2.17. The van der Waals surface area contributed by atoms with Gasteiger partial charge in [-0.1, -0.05) is 30.3 Å². The van der Waals surface area contributed by atoms with E-state index in [0.717, 1.165) is 23.6 Å². The molecule has 0 saturated carbocycles. The summed E-state index contributed by atoms with van der Waals surface area (Å²) in [5, 5.41) is 14.9. The van der Waals surface area contributed by atoms with Gasteiger partial charge in [0.15, 0.2) is 0 Å². The molecular formula is C20H16F3N3O3. The van der Waals surface area contributed by atoms with E-state index in [0.29, 0.717) is 5.52 Å². The van der Waals surface area contributed by atoms with Crippen molar-refractivity contribution in [3.8, 4) is 0 Å². The van der Waals surface area contributed by atoms with Crippen molar-refractivity contribution in [2.24, 2.45) is 0 Å². The molecule has 0 aliphatic carbocycles. The molecule has 0 aliphatic heterocycles. The summed E-state index contributed by atoms with van der Waals surface area (Å²) in [5.74, 6) is -1.56. The molecule has 0 aliphatic rings. The number of hydrogen-bond donors (Lipinski definition) is 3. The Morgan fingerprint density at radius 1 is 1.03 bits per heavy atom. The van der Waals surface area contributed by atoms with Crippen LogP contribution in [0.2, 0.25) is 0 Å². The molecule has 1 aromatic heterocycles. The Morgan fingerprint density at radius 2 is 1.79 bits per heavy atom. The summed E-state index contributed by atoms with van der Waals surface area (Å²) in [6.07, 6.45) is -4.56. The topological polar surface area (TPSA) is 91.3 Å². The van der Waals surface area contributed by atoms with Crippen LogP contribution in [0.5, 0.6) is 0 Å². The summed E-state index contributed by atoms with van der Waals surface area (Å²) in [4.78, 5) is 28.9. The SMILES string of the molecule is O=C(NC(CO)C(=O)Nc1cccc(C(F)(F)F)c1)c1ccc2ccccc2n1. The molecule has 0 saturated heterocycles. The Morgan fingerprint density at radius 3 is 2.52 bits per heavy atom. The van der Waals surface area contributed by atoms with Crippen LogP contribution in [0, 0.1) is 0 Å². The van der Waals surface area contributed by atoms with Crippen LogP contribution in [0.3, 0.4) is 0 Å². The number of rotatable bonds is 5. The molecule has 1 heterocycles. The number of amides is 2. The number of hydrogen-bond acceptors (Lipinski definition) is 4. The van der Waals surface area contributed by atoms with Crippen LogP contribution >= 0.6 is 0 Å². The molecule has 29 heavy (non-hydrogen) atoms. The quantitative estimate of drug-likeness (QED) is 0.611. The Bertz CT molecular complexity index is 1050. The fourth-order valence-corrected chi connectivity index (χ4v) is 2.62. The van der Waals surface area contributed by atoms with Crippen molar-refractivity contribution in [3.05, 3.63) is 71.9 Å². The minimum absolute atomic E-state index is 0.0361. The number of nitrogens with one attached hydrogen (secondary N) is 2. The largest absolute Gasteiger partial charge is 0.416 e. The van der Waals surface area contributed by atoms with Gasteiger partial charge in [0, 0.05) is 11.1 Å². The van der Waals surface area contributed by atoms with Gasteiger partial charge < -0.3 is 15.7 Å². The molecule has 1 unspecified atom stereocenters. The number of aliphatic hydroxyl groups is 1. The number of carbonyl (C=O) groups excluding carboxylic acids is 2. The number of benzene rings is 2. The number of pyridine rings is 1. The molecule has 6 nitrogen and oxygen atoms in total. The Balaban J connectivity index is 1.71. The Hall–Kier alpha value is -3.46. The lowest BCUT2D eigenvalue weighted by atomic mass is 10.1. The van der Waals surface area contributed by atoms with E-state index in [9.17, 15) is 27.9 Å². The molecular weight excluding hydrogens is 387 g/mol. The maximum atomic E-state index is 12.8. The van der Waals surface area contributed by atoms with Crippen molar-refractivity contribution in [1.82, 2.24) is 10.3 Å². The standard InChI is InChI=1S/C20H16F3N3O3/c21-20(22,23)13-5-3-6-14(10-13)24-19(29)17(11-27)26-18(28)16-9-8-12-4-1-2-7-15(12)25-16/h1-10,17,27H,11H2,(H,24,29)(H,26,28). The fraction of sp³-hybridized carbons (Fsp3) is 0.150. The number of alkyl halides is 3. The van der Waals surface area contributed by atoms with Crippen molar-refractivity contribution >= 4 is 28.4 Å². The van der Waals surface area contributed by atoms with Crippen molar-refractivity contribution in [3.63, 3.8) is 0 Å². The van der Waals surface area contributed by atoms with Crippen molar-refractivity contribution < 1.29 is 27.9 Å². The zero-order valence-corrected chi connectivity index (χ0v) is 14.9. The van der Waals surface area contributed by atoms with Crippen molar-refractivity contribution in [2.75, 3.05) is 11.9 Å². The minimum atomic E-state index is -4.56. The molecule has 9 heteroatoms.